The summed E-state index contributed by atoms with van der Waals surface area (Å²) in [6.07, 6.45) is 9.32. The van der Waals surface area contributed by atoms with E-state index in [2.05, 4.69) is 38.2 Å². The van der Waals surface area contributed by atoms with E-state index >= 15 is 0 Å². The van der Waals surface area contributed by atoms with Crippen LogP contribution in [0, 0.1) is 0 Å². The van der Waals surface area contributed by atoms with Crippen molar-refractivity contribution in [1.82, 2.24) is 19.8 Å². The summed E-state index contributed by atoms with van der Waals surface area (Å²) in [5, 5.41) is 3.48. The molecule has 0 spiro atoms. The van der Waals surface area contributed by atoms with E-state index in [0.717, 1.165) is 49.3 Å². The van der Waals surface area contributed by atoms with Gasteiger partial charge in [-0.3, -0.25) is 4.31 Å². The van der Waals surface area contributed by atoms with E-state index in [0.29, 0.717) is 35.1 Å². The number of sulfonamides is 1. The molecule has 200 valence electrons. The lowest BCUT2D eigenvalue weighted by atomic mass is 9.96. The van der Waals surface area contributed by atoms with E-state index < -0.39 is 10.0 Å². The first-order valence-electron chi connectivity index (χ1n) is 12.2. The Labute approximate surface area is 228 Å². The Morgan fingerprint density at radius 2 is 1.92 bits per heavy atom. The first-order chi connectivity index (χ1) is 18.1. The van der Waals surface area contributed by atoms with Gasteiger partial charge in [0, 0.05) is 51.4 Å². The molecule has 1 aliphatic carbocycles. The monoisotopic (exact) mass is 555 g/mol. The number of ether oxygens (including phenoxy) is 1. The topological polar surface area (TPSA) is 103 Å². The fourth-order valence-corrected chi connectivity index (χ4v) is 5.23. The molecule has 10 nitrogen and oxygen atoms in total. The zero-order chi connectivity index (χ0) is 27.0. The highest BCUT2D eigenvalue weighted by atomic mass is 35.5. The summed E-state index contributed by atoms with van der Waals surface area (Å²) < 4.78 is 31.7. The first kappa shape index (κ1) is 26.2. The maximum atomic E-state index is 12.3. The van der Waals surface area contributed by atoms with Gasteiger partial charge in [0.1, 0.15) is 10.8 Å². The summed E-state index contributed by atoms with van der Waals surface area (Å²) in [7, 11) is 1.77. The minimum Gasteiger partial charge on any atom is -0.495 e. The van der Waals surface area contributed by atoms with Crippen molar-refractivity contribution in [3.8, 4) is 0 Å². The van der Waals surface area contributed by atoms with Crippen molar-refractivity contribution in [2.45, 2.75) is 6.42 Å². The molecule has 1 N–H and O–H groups in total. The molecule has 2 aromatic rings. The molecule has 1 saturated heterocycles. The molecule has 5 rings (SSSR count). The van der Waals surface area contributed by atoms with Crippen LogP contribution in [0.15, 0.2) is 58.6 Å². The van der Waals surface area contributed by atoms with Crippen LogP contribution >= 0.6 is 11.6 Å². The van der Waals surface area contributed by atoms with E-state index in [-0.39, 0.29) is 11.0 Å². The van der Waals surface area contributed by atoms with Crippen molar-refractivity contribution in [1.29, 1.82) is 0 Å². The van der Waals surface area contributed by atoms with Crippen LogP contribution in [-0.4, -0.2) is 87.5 Å². The van der Waals surface area contributed by atoms with Gasteiger partial charge in [-0.25, -0.2) is 18.4 Å². The van der Waals surface area contributed by atoms with Gasteiger partial charge in [-0.15, -0.1) is 0 Å². The highest BCUT2D eigenvalue weighted by Gasteiger charge is 2.25. The van der Waals surface area contributed by atoms with Crippen LogP contribution in [0.25, 0.3) is 6.08 Å². The molecule has 12 heteroatoms. The lowest BCUT2D eigenvalue weighted by Gasteiger charge is -2.37. The maximum Gasteiger partial charge on any atom is 0.251 e. The fourth-order valence-electron chi connectivity index (χ4n) is 4.57. The van der Waals surface area contributed by atoms with Crippen LogP contribution in [0.4, 0.5) is 23.1 Å². The number of hydrogen-bond acceptors (Lipinski definition) is 9. The number of halogens is 1. The lowest BCUT2D eigenvalue weighted by Crippen LogP contribution is -2.44. The lowest BCUT2D eigenvalue weighted by molar-refractivity contribution is 0.188. The number of fused-ring (bicyclic) bond motifs is 6. The van der Waals surface area contributed by atoms with Crippen LogP contribution in [0.3, 0.4) is 0 Å². The zero-order valence-electron chi connectivity index (χ0n) is 21.8. The van der Waals surface area contributed by atoms with Gasteiger partial charge in [0.25, 0.3) is 5.95 Å². The average Bonchev–Trinajstić information content (AvgIpc) is 2.89. The number of nitrogens with zero attached hydrogens (tertiary/aromatic N) is 6. The zero-order valence-corrected chi connectivity index (χ0v) is 23.3. The van der Waals surface area contributed by atoms with E-state index in [1.807, 2.05) is 24.3 Å². The molecule has 2 aliphatic heterocycles. The molecule has 1 aromatic heterocycles. The molecule has 0 amide bonds. The minimum atomic E-state index is -3.51. The molecule has 0 unspecified atom stereocenters. The molecule has 1 aromatic carbocycles. The number of hydrogen-bond donors (Lipinski definition) is 1. The molecule has 1 fully saturated rings. The summed E-state index contributed by atoms with van der Waals surface area (Å²) in [6, 6.07) is 5.52. The Morgan fingerprint density at radius 1 is 1.16 bits per heavy atom. The number of likely N-dealkylation sites (N-methyl/N-ethyl adjacent to an activating group) is 1. The van der Waals surface area contributed by atoms with Crippen molar-refractivity contribution < 1.29 is 13.2 Å². The number of methoxy groups -OCH3 is 1. The van der Waals surface area contributed by atoms with Gasteiger partial charge >= 0.3 is 0 Å². The van der Waals surface area contributed by atoms with Gasteiger partial charge in [0.2, 0.25) is 10.0 Å². The normalized spacial score (nSPS) is 18.0. The number of aromatic nitrogens is 2. The van der Waals surface area contributed by atoms with E-state index in [1.54, 1.807) is 13.2 Å². The second kappa shape index (κ2) is 10.4. The molecule has 0 radical (unpaired) electrons. The van der Waals surface area contributed by atoms with Crippen molar-refractivity contribution in [2.75, 3.05) is 63.3 Å². The number of aliphatic imine (C=N–C) groups is 1. The summed E-state index contributed by atoms with van der Waals surface area (Å²) >= 11 is 6.43. The highest BCUT2D eigenvalue weighted by molar-refractivity contribution is 7.92. The predicted molar refractivity (Wildman–Crippen MR) is 152 cm³/mol. The van der Waals surface area contributed by atoms with Crippen LogP contribution in [0.1, 0.15) is 12.0 Å². The number of benzene rings is 1. The molecular formula is C26H30ClN7O3S. The number of rotatable bonds is 4. The molecule has 3 heterocycles. The standard InChI is InChI=1S/C26H30ClN7O3S/c1-32-9-11-34(12-10-32)23-15-24(37-3)21-14-18(23)7-5-17-6-8-22(33(2)38(4,35)36)20(13-17)29-25-19(27)16-28-26(30-21)31-25/h5-8,13,15-16H,9-12,14H2,1-4H3,(H,28,29,31). The molecular weight excluding hydrogens is 526 g/mol. The molecule has 0 atom stereocenters. The van der Waals surface area contributed by atoms with Crippen LogP contribution in [0.2, 0.25) is 5.02 Å². The number of allylic oxidation sites excluding steroid dienone is 4. The summed E-state index contributed by atoms with van der Waals surface area (Å²) in [4.78, 5) is 18.3. The average molecular weight is 556 g/mol. The van der Waals surface area contributed by atoms with Crippen molar-refractivity contribution in [3.05, 3.63) is 64.2 Å². The van der Waals surface area contributed by atoms with Crippen molar-refractivity contribution in [3.63, 3.8) is 0 Å². The van der Waals surface area contributed by atoms with Gasteiger partial charge < -0.3 is 19.9 Å². The van der Waals surface area contributed by atoms with E-state index in [1.165, 1.54) is 17.5 Å². The van der Waals surface area contributed by atoms with Gasteiger partial charge in [-0.1, -0.05) is 29.8 Å². The molecule has 0 saturated carbocycles. The predicted octanol–water partition coefficient (Wildman–Crippen LogP) is 3.80. The van der Waals surface area contributed by atoms with E-state index in [9.17, 15) is 8.42 Å². The maximum absolute atomic E-state index is 12.3. The quantitative estimate of drug-likeness (QED) is 0.607. The third kappa shape index (κ3) is 5.40. The summed E-state index contributed by atoms with van der Waals surface area (Å²) in [5.41, 5.74) is 4.78. The largest absolute Gasteiger partial charge is 0.495 e. The Balaban J connectivity index is 1.68. The number of nitrogens with one attached hydrogen (secondary N) is 1. The second-order valence-corrected chi connectivity index (χ2v) is 11.9. The fraction of sp³-hybridized carbons (Fsp3) is 0.346. The third-order valence-corrected chi connectivity index (χ3v) is 8.32. The van der Waals surface area contributed by atoms with Gasteiger partial charge in [-0.05, 0) is 30.3 Å². The second-order valence-electron chi connectivity index (χ2n) is 9.48. The molecule has 6 bridgehead atoms. The van der Waals surface area contributed by atoms with Crippen molar-refractivity contribution >= 4 is 56.6 Å². The van der Waals surface area contributed by atoms with Gasteiger partial charge in [0.15, 0.2) is 5.82 Å². The van der Waals surface area contributed by atoms with Gasteiger partial charge in [-0.2, -0.15) is 4.98 Å². The number of anilines is 3. The van der Waals surface area contributed by atoms with Crippen LogP contribution in [-0.2, 0) is 14.8 Å². The minimum absolute atomic E-state index is 0.217. The highest BCUT2D eigenvalue weighted by Crippen LogP contribution is 2.35. The van der Waals surface area contributed by atoms with E-state index in [4.69, 9.17) is 21.3 Å². The van der Waals surface area contributed by atoms with Crippen LogP contribution < -0.4 is 9.62 Å². The Hall–Kier alpha value is -3.41. The third-order valence-electron chi connectivity index (χ3n) is 6.86. The molecule has 3 aliphatic rings. The first-order valence-corrected chi connectivity index (χ1v) is 14.4. The van der Waals surface area contributed by atoms with Crippen LogP contribution in [0.5, 0.6) is 0 Å². The Morgan fingerprint density at radius 3 is 2.63 bits per heavy atom. The number of piperazine rings is 1. The molecule has 38 heavy (non-hydrogen) atoms. The summed E-state index contributed by atoms with van der Waals surface area (Å²) in [6.45, 7) is 3.77. The van der Waals surface area contributed by atoms with Crippen molar-refractivity contribution in [2.24, 2.45) is 4.99 Å². The van der Waals surface area contributed by atoms with Gasteiger partial charge in [0.05, 0.1) is 36.6 Å². The Bertz CT molecular complexity index is 1490. The Kier molecular flexibility index (Phi) is 7.17. The smallest absolute Gasteiger partial charge is 0.251 e. The summed E-state index contributed by atoms with van der Waals surface area (Å²) in [5.74, 6) is 1.20. The SMILES string of the molecule is COC1=CC(N2CCN(C)CC2)=C2C=Cc3ccc(N(C)S(C)(=O)=O)c(c3)Nc3nc(ncc3Cl)N=C1C2.